The smallest absolute Gasteiger partial charge is 0.272 e. The number of rotatable bonds is 5. The molecule has 0 saturated carbocycles. The predicted octanol–water partition coefficient (Wildman–Crippen LogP) is 4.52. The van der Waals surface area contributed by atoms with Crippen molar-refractivity contribution < 1.29 is 4.92 Å². The highest BCUT2D eigenvalue weighted by molar-refractivity contribution is 9.10. The molecule has 0 bridgehead atoms. The predicted molar refractivity (Wildman–Crippen MR) is 87.2 cm³/mol. The average Bonchev–Trinajstić information content (AvgIpc) is 2.46. The summed E-state index contributed by atoms with van der Waals surface area (Å²) in [5, 5.41) is 14.3. The van der Waals surface area contributed by atoms with E-state index in [-0.39, 0.29) is 16.7 Å². The number of nitro benzene ring substituents is 1. The molecule has 4 nitrogen and oxygen atoms in total. The lowest BCUT2D eigenvalue weighted by molar-refractivity contribution is -0.385. The van der Waals surface area contributed by atoms with Gasteiger partial charge in [0.1, 0.15) is 0 Å². The summed E-state index contributed by atoms with van der Waals surface area (Å²) in [6, 6.07) is 13.5. The number of nitro groups is 1. The third-order valence-electron chi connectivity index (χ3n) is 3.58. The first-order valence-corrected chi connectivity index (χ1v) is 7.50. The van der Waals surface area contributed by atoms with Crippen molar-refractivity contribution in [2.75, 3.05) is 0 Å². The fourth-order valence-electron chi connectivity index (χ4n) is 2.19. The number of benzene rings is 2. The van der Waals surface area contributed by atoms with E-state index in [1.807, 2.05) is 18.2 Å². The first kappa shape index (κ1) is 15.7. The van der Waals surface area contributed by atoms with E-state index in [2.05, 4.69) is 40.3 Å². The van der Waals surface area contributed by atoms with E-state index < -0.39 is 0 Å². The first-order valence-electron chi connectivity index (χ1n) is 6.70. The molecule has 1 N–H and O–H groups in total. The molecule has 0 saturated heterocycles. The van der Waals surface area contributed by atoms with Gasteiger partial charge in [-0.15, -0.1) is 0 Å². The maximum Gasteiger partial charge on any atom is 0.272 e. The van der Waals surface area contributed by atoms with Gasteiger partial charge in [0.05, 0.1) is 4.92 Å². The van der Waals surface area contributed by atoms with Crippen molar-refractivity contribution in [3.63, 3.8) is 0 Å². The van der Waals surface area contributed by atoms with Gasteiger partial charge in [0, 0.05) is 28.7 Å². The standard InChI is InChI=1S/C16H17BrN2O2/c1-11-14(4-3-5-16(11)19(20)21)10-18-12(2)13-6-8-15(17)9-7-13/h3-9,12,18H,10H2,1-2H3. The maximum atomic E-state index is 10.9. The van der Waals surface area contributed by atoms with Gasteiger partial charge in [0.2, 0.25) is 0 Å². The molecular weight excluding hydrogens is 332 g/mol. The van der Waals surface area contributed by atoms with Crippen LogP contribution in [0.3, 0.4) is 0 Å². The Hall–Kier alpha value is -1.72. The van der Waals surface area contributed by atoms with Gasteiger partial charge >= 0.3 is 0 Å². The Labute approximate surface area is 132 Å². The zero-order chi connectivity index (χ0) is 15.4. The average molecular weight is 349 g/mol. The number of hydrogen-bond donors (Lipinski definition) is 1. The molecule has 21 heavy (non-hydrogen) atoms. The molecule has 0 aliphatic carbocycles. The fourth-order valence-corrected chi connectivity index (χ4v) is 2.46. The molecule has 0 spiro atoms. The Kier molecular flexibility index (Phi) is 5.09. The second-order valence-corrected chi connectivity index (χ2v) is 5.89. The third-order valence-corrected chi connectivity index (χ3v) is 4.11. The van der Waals surface area contributed by atoms with Crippen LogP contribution in [0.4, 0.5) is 5.69 Å². The first-order chi connectivity index (χ1) is 9.99. The van der Waals surface area contributed by atoms with E-state index in [0.29, 0.717) is 6.54 Å². The van der Waals surface area contributed by atoms with E-state index in [4.69, 9.17) is 0 Å². The second-order valence-electron chi connectivity index (χ2n) is 4.97. The Balaban J connectivity index is 2.08. The molecule has 0 heterocycles. The van der Waals surface area contributed by atoms with Crippen LogP contribution < -0.4 is 5.32 Å². The molecule has 0 amide bonds. The summed E-state index contributed by atoms with van der Waals surface area (Å²) in [4.78, 5) is 10.6. The maximum absolute atomic E-state index is 10.9. The summed E-state index contributed by atoms with van der Waals surface area (Å²) in [6.45, 7) is 4.47. The summed E-state index contributed by atoms with van der Waals surface area (Å²) < 4.78 is 1.05. The summed E-state index contributed by atoms with van der Waals surface area (Å²) in [5.74, 6) is 0. The summed E-state index contributed by atoms with van der Waals surface area (Å²) in [7, 11) is 0. The van der Waals surface area contributed by atoms with E-state index in [0.717, 1.165) is 15.6 Å². The SMILES string of the molecule is Cc1c(CNC(C)c2ccc(Br)cc2)cccc1[N+](=O)[O-]. The summed E-state index contributed by atoms with van der Waals surface area (Å²) in [6.07, 6.45) is 0. The molecule has 2 rings (SSSR count). The quantitative estimate of drug-likeness (QED) is 0.638. The lowest BCUT2D eigenvalue weighted by Crippen LogP contribution is -2.18. The van der Waals surface area contributed by atoms with Crippen molar-refractivity contribution in [1.82, 2.24) is 5.32 Å². The van der Waals surface area contributed by atoms with Crippen LogP contribution in [0.15, 0.2) is 46.9 Å². The van der Waals surface area contributed by atoms with Crippen molar-refractivity contribution in [1.29, 1.82) is 0 Å². The summed E-state index contributed by atoms with van der Waals surface area (Å²) >= 11 is 3.42. The minimum atomic E-state index is -0.336. The van der Waals surface area contributed by atoms with Gasteiger partial charge in [-0.25, -0.2) is 0 Å². The lowest BCUT2D eigenvalue weighted by Gasteiger charge is -2.15. The van der Waals surface area contributed by atoms with E-state index >= 15 is 0 Å². The minimum Gasteiger partial charge on any atom is -0.306 e. The number of nitrogens with one attached hydrogen (secondary N) is 1. The molecule has 1 atom stereocenters. The molecule has 0 aromatic heterocycles. The van der Waals surface area contributed by atoms with E-state index in [1.54, 1.807) is 13.0 Å². The molecule has 1 unspecified atom stereocenters. The van der Waals surface area contributed by atoms with Crippen LogP contribution in [0.1, 0.15) is 29.7 Å². The zero-order valence-electron chi connectivity index (χ0n) is 12.0. The van der Waals surface area contributed by atoms with Crippen LogP contribution in [0.2, 0.25) is 0 Å². The van der Waals surface area contributed by atoms with Crippen molar-refractivity contribution in [3.8, 4) is 0 Å². The Bertz CT molecular complexity index is 641. The van der Waals surface area contributed by atoms with Gasteiger partial charge in [-0.2, -0.15) is 0 Å². The van der Waals surface area contributed by atoms with Crippen LogP contribution in [-0.4, -0.2) is 4.92 Å². The topological polar surface area (TPSA) is 55.2 Å². The largest absolute Gasteiger partial charge is 0.306 e. The van der Waals surface area contributed by atoms with Gasteiger partial charge in [0.25, 0.3) is 5.69 Å². The zero-order valence-corrected chi connectivity index (χ0v) is 13.6. The van der Waals surface area contributed by atoms with E-state index in [1.165, 1.54) is 11.6 Å². The Morgan fingerprint density at radius 1 is 1.24 bits per heavy atom. The number of nitrogens with zero attached hydrogens (tertiary/aromatic N) is 1. The van der Waals surface area contributed by atoms with Crippen LogP contribution >= 0.6 is 15.9 Å². The molecule has 0 fully saturated rings. The lowest BCUT2D eigenvalue weighted by atomic mass is 10.1. The molecule has 110 valence electrons. The molecule has 0 aliphatic heterocycles. The fraction of sp³-hybridized carbons (Fsp3) is 0.250. The van der Waals surface area contributed by atoms with Crippen LogP contribution in [-0.2, 0) is 6.54 Å². The van der Waals surface area contributed by atoms with Crippen LogP contribution in [0.5, 0.6) is 0 Å². The van der Waals surface area contributed by atoms with Gasteiger partial charge in [-0.1, -0.05) is 40.2 Å². The van der Waals surface area contributed by atoms with Crippen molar-refractivity contribution in [2.45, 2.75) is 26.4 Å². The highest BCUT2D eigenvalue weighted by Gasteiger charge is 2.13. The Morgan fingerprint density at radius 2 is 1.90 bits per heavy atom. The highest BCUT2D eigenvalue weighted by atomic mass is 79.9. The van der Waals surface area contributed by atoms with Crippen molar-refractivity contribution >= 4 is 21.6 Å². The van der Waals surface area contributed by atoms with Crippen LogP contribution in [0.25, 0.3) is 0 Å². The van der Waals surface area contributed by atoms with Gasteiger partial charge in [-0.3, -0.25) is 10.1 Å². The molecular formula is C16H17BrN2O2. The van der Waals surface area contributed by atoms with Crippen LogP contribution in [0, 0.1) is 17.0 Å². The normalized spacial score (nSPS) is 12.1. The van der Waals surface area contributed by atoms with Gasteiger partial charge < -0.3 is 5.32 Å². The molecule has 0 aliphatic rings. The molecule has 5 heteroatoms. The number of hydrogen-bond acceptors (Lipinski definition) is 3. The molecule has 0 radical (unpaired) electrons. The highest BCUT2D eigenvalue weighted by Crippen LogP contribution is 2.22. The Morgan fingerprint density at radius 3 is 2.52 bits per heavy atom. The molecule has 2 aromatic carbocycles. The summed E-state index contributed by atoms with van der Waals surface area (Å²) in [5.41, 5.74) is 3.03. The van der Waals surface area contributed by atoms with E-state index in [9.17, 15) is 10.1 Å². The van der Waals surface area contributed by atoms with Crippen molar-refractivity contribution in [2.24, 2.45) is 0 Å². The van der Waals surface area contributed by atoms with Crippen molar-refractivity contribution in [3.05, 3.63) is 73.7 Å². The number of halogens is 1. The monoisotopic (exact) mass is 348 g/mol. The second kappa shape index (κ2) is 6.83. The van der Waals surface area contributed by atoms with Gasteiger partial charge in [-0.05, 0) is 37.1 Å². The minimum absolute atomic E-state index is 0.172. The molecule has 2 aromatic rings. The van der Waals surface area contributed by atoms with Gasteiger partial charge in [0.15, 0.2) is 0 Å². The third kappa shape index (κ3) is 3.89.